The lowest BCUT2D eigenvalue weighted by Crippen LogP contribution is -2.62. The van der Waals surface area contributed by atoms with E-state index in [1.807, 2.05) is 0 Å². The molecule has 0 fully saturated rings. The molecular weight excluding hydrogens is 906 g/mol. The van der Waals surface area contributed by atoms with Crippen molar-refractivity contribution in [3.63, 3.8) is 0 Å². The van der Waals surface area contributed by atoms with Crippen molar-refractivity contribution >= 4 is 74.3 Å². The highest BCUT2D eigenvalue weighted by Gasteiger charge is 2.48. The van der Waals surface area contributed by atoms with Gasteiger partial charge in [0.15, 0.2) is 0 Å². The van der Waals surface area contributed by atoms with E-state index in [2.05, 4.69) is 269 Å². The minimum Gasteiger partial charge on any atom is -0.311 e. The van der Waals surface area contributed by atoms with Gasteiger partial charge in [-0.15, -0.1) is 0 Å². The molecule has 2 heterocycles. The van der Waals surface area contributed by atoms with E-state index in [9.17, 15) is 0 Å². The van der Waals surface area contributed by atoms with Crippen LogP contribution in [0.4, 0.5) is 51.2 Å². The minimum atomic E-state index is -0.150. The summed E-state index contributed by atoms with van der Waals surface area (Å²) in [6, 6.07) is 63.8. The number of anilines is 9. The Morgan fingerprint density at radius 2 is 0.867 bits per heavy atom. The minimum absolute atomic E-state index is 0.0225. The van der Waals surface area contributed by atoms with E-state index in [-0.39, 0.29) is 39.2 Å². The second-order valence-corrected chi connectivity index (χ2v) is 27.2. The molecule has 0 saturated carbocycles. The van der Waals surface area contributed by atoms with Crippen molar-refractivity contribution in [1.29, 1.82) is 0 Å². The highest BCUT2D eigenvalue weighted by Crippen LogP contribution is 2.55. The Balaban J connectivity index is 1.15. The molecule has 0 aromatic heterocycles. The number of nitrogens with zero attached hydrogens (tertiary/aromatic N) is 3. The van der Waals surface area contributed by atoms with Crippen LogP contribution < -0.4 is 31.1 Å². The van der Waals surface area contributed by atoms with Crippen LogP contribution in [0.25, 0.3) is 11.1 Å². The summed E-state index contributed by atoms with van der Waals surface area (Å²) in [5.41, 5.74) is 27.7. The Hall–Kier alpha value is -6.78. The van der Waals surface area contributed by atoms with Gasteiger partial charge in [-0.25, -0.2) is 0 Å². The molecule has 3 nitrogen and oxygen atoms in total. The fraction of sp³-hybridized carbons (Fsp3) is 0.324. The molecule has 0 saturated heterocycles. The summed E-state index contributed by atoms with van der Waals surface area (Å²) in [6.45, 7) is 31.8. The molecule has 75 heavy (non-hydrogen) atoms. The van der Waals surface area contributed by atoms with E-state index in [0.29, 0.717) is 0 Å². The maximum absolute atomic E-state index is 2.72. The normalized spacial score (nSPS) is 18.4. The van der Waals surface area contributed by atoms with Gasteiger partial charge in [0.25, 0.3) is 6.71 Å². The third kappa shape index (κ3) is 7.21. The lowest BCUT2D eigenvalue weighted by Gasteiger charge is -2.48. The second-order valence-electron chi connectivity index (χ2n) is 27.2. The van der Waals surface area contributed by atoms with Crippen LogP contribution in [-0.4, -0.2) is 6.71 Å². The van der Waals surface area contributed by atoms with Crippen LogP contribution in [-0.2, 0) is 32.5 Å². The van der Waals surface area contributed by atoms with Gasteiger partial charge in [-0.2, -0.15) is 0 Å². The van der Waals surface area contributed by atoms with Gasteiger partial charge in [-0.1, -0.05) is 175 Å². The molecule has 5 aliphatic rings. The van der Waals surface area contributed by atoms with Crippen molar-refractivity contribution in [3.8, 4) is 11.1 Å². The van der Waals surface area contributed by atoms with Gasteiger partial charge in [0, 0.05) is 56.6 Å². The van der Waals surface area contributed by atoms with E-state index >= 15 is 0 Å². The third-order valence-electron chi connectivity index (χ3n) is 19.1. The molecule has 0 amide bonds. The number of benzene rings is 8. The lowest BCUT2D eigenvalue weighted by molar-refractivity contribution is 0.332. The smallest absolute Gasteiger partial charge is 0.252 e. The van der Waals surface area contributed by atoms with Crippen LogP contribution in [0.2, 0.25) is 0 Å². The molecule has 8 aromatic carbocycles. The quantitative estimate of drug-likeness (QED) is 0.159. The summed E-state index contributed by atoms with van der Waals surface area (Å²) in [5.74, 6) is 0. The summed E-state index contributed by atoms with van der Waals surface area (Å²) >= 11 is 0. The van der Waals surface area contributed by atoms with Gasteiger partial charge in [0.2, 0.25) is 0 Å². The molecule has 0 bridgehead atoms. The topological polar surface area (TPSA) is 9.72 Å². The van der Waals surface area contributed by atoms with Crippen LogP contribution >= 0.6 is 0 Å². The van der Waals surface area contributed by atoms with Gasteiger partial charge in [0.1, 0.15) is 0 Å². The number of fused-ring (bicyclic) bond motifs is 9. The maximum atomic E-state index is 2.72. The summed E-state index contributed by atoms with van der Waals surface area (Å²) in [5, 5.41) is 0. The molecular formula is C71H74BN3. The van der Waals surface area contributed by atoms with Gasteiger partial charge >= 0.3 is 0 Å². The zero-order chi connectivity index (χ0) is 52.4. The average molecular weight is 980 g/mol. The largest absolute Gasteiger partial charge is 0.311 e. The molecule has 0 spiro atoms. The van der Waals surface area contributed by atoms with E-state index in [1.165, 1.54) is 113 Å². The van der Waals surface area contributed by atoms with Crippen LogP contribution in [0.15, 0.2) is 164 Å². The zero-order valence-electron chi connectivity index (χ0n) is 46.8. The molecule has 0 radical (unpaired) electrons. The lowest BCUT2D eigenvalue weighted by atomic mass is 9.33. The molecule has 0 atom stereocenters. The molecule has 3 aliphatic carbocycles. The standard InChI is InChI=1S/C71H74BN3/c1-66(2,3)45-38-63-65-64(39-45)75(49-29-32-55-56(41-49)68(6,7)35-34-67(55,4)5)62-44-58-57(69(8,9)36-37-70(58,10)11)43-60(62)72(65)59-33-30-50(73(46-22-16-14-17-23-46)47-24-18-15-19-25-47)42-61(59)74(63)48-28-31-54-52(40-48)51-26-20-21-27-53(51)71(54,12)13/h14-33,38-44H,34-37H2,1-13H3. The summed E-state index contributed by atoms with van der Waals surface area (Å²) < 4.78 is 0. The fourth-order valence-corrected chi connectivity index (χ4v) is 14.3. The second kappa shape index (κ2) is 16.1. The summed E-state index contributed by atoms with van der Waals surface area (Å²) in [6.07, 6.45) is 4.68. The van der Waals surface area contributed by atoms with Crippen LogP contribution in [0, 0.1) is 0 Å². The zero-order valence-corrected chi connectivity index (χ0v) is 46.8. The number of rotatable bonds is 5. The van der Waals surface area contributed by atoms with E-state index < -0.39 is 0 Å². The highest BCUT2D eigenvalue weighted by molar-refractivity contribution is 7.00. The maximum Gasteiger partial charge on any atom is 0.252 e. The Kier molecular flexibility index (Phi) is 10.3. The Bertz CT molecular complexity index is 3600. The molecule has 376 valence electrons. The first-order chi connectivity index (χ1) is 35.5. The van der Waals surface area contributed by atoms with E-state index in [1.54, 1.807) is 0 Å². The molecule has 13 rings (SSSR count). The predicted octanol–water partition coefficient (Wildman–Crippen LogP) is 17.5. The fourth-order valence-electron chi connectivity index (χ4n) is 14.3. The molecule has 2 aliphatic heterocycles. The van der Waals surface area contributed by atoms with E-state index in [0.717, 1.165) is 29.9 Å². The van der Waals surface area contributed by atoms with E-state index in [4.69, 9.17) is 0 Å². The van der Waals surface area contributed by atoms with Crippen molar-refractivity contribution in [2.45, 2.75) is 148 Å². The molecule has 4 heteroatoms. The van der Waals surface area contributed by atoms with Gasteiger partial charge in [-0.3, -0.25) is 0 Å². The first-order valence-electron chi connectivity index (χ1n) is 28.0. The van der Waals surface area contributed by atoms with Crippen LogP contribution in [0.3, 0.4) is 0 Å². The van der Waals surface area contributed by atoms with Gasteiger partial charge in [0.05, 0.1) is 0 Å². The Morgan fingerprint density at radius 3 is 1.45 bits per heavy atom. The Morgan fingerprint density at radius 1 is 0.387 bits per heavy atom. The third-order valence-corrected chi connectivity index (χ3v) is 19.1. The molecule has 0 N–H and O–H groups in total. The van der Waals surface area contributed by atoms with Gasteiger partial charge in [-0.05, 0) is 198 Å². The SMILES string of the molecule is CC(C)(C)c1cc2c3c(c1)N(c1ccc4c(c1)C(C)(C)CCC4(C)C)c1cc4c(cc1B3c1ccc(N(c3ccccc3)c3ccccc3)cc1N2c1ccc2c(c1)-c1ccccc1C2(C)C)C(C)(C)CCC4(C)C. The van der Waals surface area contributed by atoms with Crippen LogP contribution in [0.5, 0.6) is 0 Å². The summed E-state index contributed by atoms with van der Waals surface area (Å²) in [4.78, 5) is 7.82. The van der Waals surface area contributed by atoms with Gasteiger partial charge < -0.3 is 14.7 Å². The van der Waals surface area contributed by atoms with Crippen molar-refractivity contribution in [3.05, 3.63) is 203 Å². The molecule has 8 aromatic rings. The first kappa shape index (κ1) is 47.9. The number of para-hydroxylation sites is 2. The average Bonchev–Trinajstić information content (AvgIpc) is 3.65. The van der Waals surface area contributed by atoms with Crippen molar-refractivity contribution in [2.75, 3.05) is 14.7 Å². The highest BCUT2D eigenvalue weighted by atomic mass is 15.2. The predicted molar refractivity (Wildman–Crippen MR) is 322 cm³/mol. The number of hydrogen-bond acceptors (Lipinski definition) is 3. The monoisotopic (exact) mass is 980 g/mol. The first-order valence-corrected chi connectivity index (χ1v) is 28.0. The number of hydrogen-bond donors (Lipinski definition) is 0. The Labute approximate surface area is 448 Å². The van der Waals surface area contributed by atoms with Crippen molar-refractivity contribution in [1.82, 2.24) is 0 Å². The van der Waals surface area contributed by atoms with Crippen LogP contribution in [0.1, 0.15) is 155 Å². The summed E-state index contributed by atoms with van der Waals surface area (Å²) in [7, 11) is 0. The van der Waals surface area contributed by atoms with Crippen molar-refractivity contribution in [2.24, 2.45) is 0 Å². The van der Waals surface area contributed by atoms with Crippen molar-refractivity contribution < 1.29 is 0 Å². The molecule has 0 unspecified atom stereocenters.